The van der Waals surface area contributed by atoms with Crippen LogP contribution in [0.3, 0.4) is 0 Å². The molecule has 0 bridgehead atoms. The van der Waals surface area contributed by atoms with Gasteiger partial charge in [-0.2, -0.15) is 0 Å². The minimum atomic E-state index is 0.0304. The Morgan fingerprint density at radius 3 is 2.86 bits per heavy atom. The van der Waals surface area contributed by atoms with Crippen LogP contribution in [0.15, 0.2) is 5.16 Å². The average Bonchev–Trinajstić information content (AvgIpc) is 2.26. The number of nitrogens with two attached hydrogens (primary N) is 1. The van der Waals surface area contributed by atoms with Gasteiger partial charge in [-0.1, -0.05) is 12.1 Å². The third-order valence-electron chi connectivity index (χ3n) is 2.25. The average molecular weight is 202 g/mol. The Bertz CT molecular complexity index is 192. The topological polar surface area (TPSA) is 83.1 Å². The minimum absolute atomic E-state index is 0.0304. The molecule has 0 aromatic heterocycles. The molecule has 82 valence electrons. The second kappa shape index (κ2) is 5.79. The number of oxime groups is 1. The van der Waals surface area contributed by atoms with Crippen LogP contribution in [-0.4, -0.2) is 48.9 Å². The van der Waals surface area contributed by atoms with Crippen LogP contribution in [0.2, 0.25) is 0 Å². The molecule has 1 heterocycles. The van der Waals surface area contributed by atoms with Crippen LogP contribution in [-0.2, 0) is 4.74 Å². The van der Waals surface area contributed by atoms with Crippen molar-refractivity contribution in [2.45, 2.75) is 6.92 Å². The molecule has 0 aromatic rings. The quantitative estimate of drug-likeness (QED) is 0.241. The summed E-state index contributed by atoms with van der Waals surface area (Å²) in [6.07, 6.45) is 0. The van der Waals surface area contributed by atoms with Crippen molar-refractivity contribution in [2.24, 2.45) is 16.8 Å². The van der Waals surface area contributed by atoms with Gasteiger partial charge in [0.1, 0.15) is 5.84 Å². The molecule has 1 rings (SSSR count). The van der Waals surface area contributed by atoms with Gasteiger partial charge in [0.15, 0.2) is 0 Å². The van der Waals surface area contributed by atoms with E-state index in [9.17, 15) is 0 Å². The Labute approximate surface area is 83.7 Å². The fourth-order valence-corrected chi connectivity index (χ4v) is 1.19. The molecule has 0 aliphatic carbocycles. The van der Waals surface area contributed by atoms with E-state index in [-0.39, 0.29) is 11.8 Å². The Morgan fingerprint density at radius 2 is 2.29 bits per heavy atom. The summed E-state index contributed by atoms with van der Waals surface area (Å²) in [5.74, 6) is 0.286. The number of nitrogens with zero attached hydrogens (tertiary/aromatic N) is 2. The van der Waals surface area contributed by atoms with Crippen LogP contribution in [0.1, 0.15) is 6.92 Å². The highest BCUT2D eigenvalue weighted by molar-refractivity contribution is 5.82. The van der Waals surface area contributed by atoms with Gasteiger partial charge in [0.2, 0.25) is 0 Å². The predicted molar refractivity (Wildman–Crippen MR) is 53.0 cm³/mol. The number of hydrazine groups is 1. The molecule has 1 aliphatic rings. The van der Waals surface area contributed by atoms with Crippen molar-refractivity contribution in [3.05, 3.63) is 0 Å². The van der Waals surface area contributed by atoms with Crippen molar-refractivity contribution in [1.82, 2.24) is 10.4 Å². The maximum absolute atomic E-state index is 8.44. The van der Waals surface area contributed by atoms with Crippen LogP contribution in [0.5, 0.6) is 0 Å². The summed E-state index contributed by atoms with van der Waals surface area (Å²) in [4.78, 5) is 0. The van der Waals surface area contributed by atoms with E-state index in [2.05, 4.69) is 15.6 Å². The van der Waals surface area contributed by atoms with E-state index in [0.29, 0.717) is 6.54 Å². The largest absolute Gasteiger partial charge is 0.409 e. The van der Waals surface area contributed by atoms with E-state index in [1.54, 1.807) is 0 Å². The van der Waals surface area contributed by atoms with Crippen molar-refractivity contribution in [2.75, 3.05) is 32.8 Å². The van der Waals surface area contributed by atoms with Crippen molar-refractivity contribution >= 4 is 5.84 Å². The van der Waals surface area contributed by atoms with E-state index < -0.39 is 0 Å². The Kier molecular flexibility index (Phi) is 4.64. The second-order valence-corrected chi connectivity index (χ2v) is 3.39. The number of morpholine rings is 1. The predicted octanol–water partition coefficient (Wildman–Crippen LogP) is -0.794. The molecule has 1 unspecified atom stereocenters. The smallest absolute Gasteiger partial charge is 0.143 e. The molecular weight excluding hydrogens is 184 g/mol. The number of amidine groups is 1. The third kappa shape index (κ3) is 3.49. The molecule has 1 saturated heterocycles. The molecule has 0 saturated carbocycles. The fourth-order valence-electron chi connectivity index (χ4n) is 1.19. The van der Waals surface area contributed by atoms with Crippen LogP contribution < -0.4 is 11.2 Å². The highest BCUT2D eigenvalue weighted by Crippen LogP contribution is 1.96. The maximum Gasteiger partial charge on any atom is 0.143 e. The Balaban J connectivity index is 2.18. The van der Waals surface area contributed by atoms with Crippen molar-refractivity contribution in [3.8, 4) is 0 Å². The summed E-state index contributed by atoms with van der Waals surface area (Å²) in [5, 5.41) is 13.5. The lowest BCUT2D eigenvalue weighted by atomic mass is 10.2. The lowest BCUT2D eigenvalue weighted by Crippen LogP contribution is -2.48. The summed E-state index contributed by atoms with van der Waals surface area (Å²) < 4.78 is 5.21. The molecule has 0 radical (unpaired) electrons. The van der Waals surface area contributed by atoms with Gasteiger partial charge in [-0.3, -0.25) is 5.43 Å². The van der Waals surface area contributed by atoms with Crippen LogP contribution in [0.4, 0.5) is 0 Å². The van der Waals surface area contributed by atoms with Crippen molar-refractivity contribution < 1.29 is 9.94 Å². The molecule has 6 nitrogen and oxygen atoms in total. The number of hydrogen-bond donors (Lipinski definition) is 3. The minimum Gasteiger partial charge on any atom is -0.409 e. The first kappa shape index (κ1) is 11.2. The maximum atomic E-state index is 8.44. The standard InChI is InChI=1S/C8H18N4O2/c1-7(8(9)11-13)6-10-12-2-4-14-5-3-12/h7,10,13H,2-6H2,1H3,(H2,9,11). The zero-order valence-corrected chi connectivity index (χ0v) is 8.44. The van der Waals surface area contributed by atoms with Crippen molar-refractivity contribution in [3.63, 3.8) is 0 Å². The number of ether oxygens (including phenoxy) is 1. The highest BCUT2D eigenvalue weighted by atomic mass is 16.5. The van der Waals surface area contributed by atoms with Gasteiger partial charge >= 0.3 is 0 Å². The molecule has 0 spiro atoms. The van der Waals surface area contributed by atoms with Gasteiger partial charge in [-0.15, -0.1) is 0 Å². The normalized spacial score (nSPS) is 22.2. The second-order valence-electron chi connectivity index (χ2n) is 3.39. The molecular formula is C8H18N4O2. The first-order valence-electron chi connectivity index (χ1n) is 4.77. The summed E-state index contributed by atoms with van der Waals surface area (Å²) in [6, 6.07) is 0. The lowest BCUT2D eigenvalue weighted by molar-refractivity contribution is 0.0110. The zero-order valence-electron chi connectivity index (χ0n) is 8.44. The highest BCUT2D eigenvalue weighted by Gasteiger charge is 2.12. The van der Waals surface area contributed by atoms with Gasteiger partial charge in [0, 0.05) is 25.6 Å². The van der Waals surface area contributed by atoms with Gasteiger partial charge in [-0.25, -0.2) is 5.01 Å². The molecule has 1 aliphatic heterocycles. The molecule has 1 fully saturated rings. The summed E-state index contributed by atoms with van der Waals surface area (Å²) in [5.41, 5.74) is 8.67. The third-order valence-corrected chi connectivity index (χ3v) is 2.25. The van der Waals surface area contributed by atoms with E-state index in [1.807, 2.05) is 6.92 Å². The summed E-state index contributed by atoms with van der Waals surface area (Å²) in [7, 11) is 0. The van der Waals surface area contributed by atoms with Crippen LogP contribution >= 0.6 is 0 Å². The zero-order chi connectivity index (χ0) is 10.4. The van der Waals surface area contributed by atoms with Gasteiger partial charge < -0.3 is 15.7 Å². The molecule has 0 aromatic carbocycles. The molecule has 1 atom stereocenters. The number of nitrogens with one attached hydrogen (secondary N) is 1. The lowest BCUT2D eigenvalue weighted by Gasteiger charge is -2.28. The van der Waals surface area contributed by atoms with E-state index in [0.717, 1.165) is 26.3 Å². The van der Waals surface area contributed by atoms with Gasteiger partial charge in [-0.05, 0) is 0 Å². The van der Waals surface area contributed by atoms with E-state index in [1.165, 1.54) is 0 Å². The fraction of sp³-hybridized carbons (Fsp3) is 0.875. The summed E-state index contributed by atoms with van der Waals surface area (Å²) >= 11 is 0. The first-order valence-corrected chi connectivity index (χ1v) is 4.77. The van der Waals surface area contributed by atoms with Crippen molar-refractivity contribution in [1.29, 1.82) is 0 Å². The molecule has 6 heteroatoms. The van der Waals surface area contributed by atoms with E-state index >= 15 is 0 Å². The van der Waals surface area contributed by atoms with Gasteiger partial charge in [0.05, 0.1) is 13.2 Å². The number of rotatable bonds is 4. The molecule has 0 amide bonds. The van der Waals surface area contributed by atoms with Gasteiger partial charge in [0.25, 0.3) is 0 Å². The Morgan fingerprint density at radius 1 is 1.64 bits per heavy atom. The first-order chi connectivity index (χ1) is 6.74. The SMILES string of the molecule is CC(CNN1CCOCC1)C(N)=NO. The molecule has 14 heavy (non-hydrogen) atoms. The monoisotopic (exact) mass is 202 g/mol. The molecule has 4 N–H and O–H groups in total. The van der Waals surface area contributed by atoms with E-state index in [4.69, 9.17) is 15.7 Å². The van der Waals surface area contributed by atoms with Crippen LogP contribution in [0.25, 0.3) is 0 Å². The van der Waals surface area contributed by atoms with Crippen LogP contribution in [0, 0.1) is 5.92 Å². The Hall–Kier alpha value is -0.850. The number of hydrogen-bond acceptors (Lipinski definition) is 5. The summed E-state index contributed by atoms with van der Waals surface area (Å²) in [6.45, 7) is 5.85.